The third kappa shape index (κ3) is 4.13. The normalized spacial score (nSPS) is 16.7. The number of aliphatic imine (C=N–C) groups is 2. The van der Waals surface area contributed by atoms with Crippen LogP contribution in [0.4, 0.5) is 11.4 Å². The summed E-state index contributed by atoms with van der Waals surface area (Å²) in [6, 6.07) is 6.35. The molecule has 2 heterocycles. The van der Waals surface area contributed by atoms with E-state index in [1.807, 2.05) is 0 Å². The quantitative estimate of drug-likeness (QED) is 0.158. The minimum atomic E-state index is -0.678. The molecule has 0 unspecified atom stereocenters. The summed E-state index contributed by atoms with van der Waals surface area (Å²) in [6.45, 7) is 0. The van der Waals surface area contributed by atoms with Gasteiger partial charge in [-0.15, -0.1) is 0 Å². The van der Waals surface area contributed by atoms with Crippen LogP contribution in [0.3, 0.4) is 0 Å². The van der Waals surface area contributed by atoms with Gasteiger partial charge in [0.05, 0.1) is 73.8 Å². The lowest BCUT2D eigenvalue weighted by molar-refractivity contribution is 0.0915. The van der Waals surface area contributed by atoms with Gasteiger partial charge in [0.1, 0.15) is 11.7 Å². The first-order chi connectivity index (χ1) is 17.9. The Balaban J connectivity index is 1.64. The average Bonchev–Trinajstić information content (AvgIpc) is 3.29. The average molecular weight is 662 g/mol. The number of benzene rings is 3. The number of nitrogens with zero attached hydrogens (tertiary/aromatic N) is 4. The van der Waals surface area contributed by atoms with E-state index in [4.69, 9.17) is 109 Å². The lowest BCUT2D eigenvalue weighted by Gasteiger charge is -2.13. The van der Waals surface area contributed by atoms with E-state index in [1.165, 1.54) is 6.07 Å². The maximum atomic E-state index is 12.8. The van der Waals surface area contributed by atoms with Crippen molar-refractivity contribution in [2.24, 2.45) is 9.98 Å². The number of halogens is 8. The van der Waals surface area contributed by atoms with Crippen molar-refractivity contribution in [1.29, 1.82) is 0 Å². The molecule has 186 valence electrons. The Morgan fingerprint density at radius 3 is 1.18 bits per heavy atom. The van der Waals surface area contributed by atoms with Gasteiger partial charge in [-0.1, -0.05) is 98.9 Å². The lowest BCUT2D eigenvalue weighted by Crippen LogP contribution is -2.27. The molecule has 0 aromatic heterocycles. The topological polar surface area (TPSA) is 65.3 Å². The molecule has 5 rings (SSSR count). The zero-order chi connectivity index (χ0) is 27.8. The van der Waals surface area contributed by atoms with Crippen LogP contribution in [0, 0.1) is 0 Å². The molecule has 0 atom stereocenters. The largest absolute Gasteiger partial charge is 0.350 e. The predicted molar refractivity (Wildman–Crippen MR) is 156 cm³/mol. The first-order valence-corrected chi connectivity index (χ1v) is 13.1. The fourth-order valence-electron chi connectivity index (χ4n) is 3.86. The van der Waals surface area contributed by atoms with Crippen molar-refractivity contribution in [1.82, 2.24) is 9.62 Å². The number of rotatable bonds is 2. The van der Waals surface area contributed by atoms with Crippen LogP contribution in [0.5, 0.6) is 0 Å². The van der Waals surface area contributed by atoms with E-state index in [1.54, 1.807) is 18.2 Å². The number of hydrogen-bond acceptors (Lipinski definition) is 4. The second-order valence-electron chi connectivity index (χ2n) is 7.75. The molecule has 3 aromatic carbocycles. The van der Waals surface area contributed by atoms with Gasteiger partial charge in [-0.05, 0) is 18.2 Å². The molecule has 2 aliphatic rings. The van der Waals surface area contributed by atoms with E-state index in [2.05, 4.69) is 9.98 Å². The van der Waals surface area contributed by atoms with Gasteiger partial charge in [0.15, 0.2) is 0 Å². The van der Waals surface area contributed by atoms with Gasteiger partial charge >= 0.3 is 0 Å². The van der Waals surface area contributed by atoms with Gasteiger partial charge in [0.2, 0.25) is 27.8 Å². The molecule has 3 aromatic rings. The molecule has 0 saturated carbocycles. The number of amides is 2. The van der Waals surface area contributed by atoms with E-state index >= 15 is 0 Å². The van der Waals surface area contributed by atoms with Crippen LogP contribution in [0.2, 0.25) is 40.2 Å². The smallest absolute Gasteiger partial charge is 0.248 e. The maximum absolute atomic E-state index is 12.8. The zero-order valence-electron chi connectivity index (χ0n) is 18.1. The van der Waals surface area contributed by atoms with Gasteiger partial charge in [-0.3, -0.25) is 9.59 Å². The molecule has 2 aliphatic heterocycles. The highest BCUT2D eigenvalue weighted by Crippen LogP contribution is 2.46. The Hall–Kier alpha value is -1.61. The van der Waals surface area contributed by atoms with E-state index in [0.29, 0.717) is 11.4 Å². The number of carbonyl (C=O) groups is 2. The molecule has 0 spiro atoms. The molecular weight excluding hydrogens is 658 g/mol. The van der Waals surface area contributed by atoms with Crippen LogP contribution in [0.25, 0.3) is 0 Å². The van der Waals surface area contributed by atoms with Crippen molar-refractivity contribution in [3.05, 3.63) is 86.7 Å². The van der Waals surface area contributed by atoms with Gasteiger partial charge in [-0.25, -0.2) is 9.98 Å². The van der Waals surface area contributed by atoms with Crippen molar-refractivity contribution in [2.75, 3.05) is 0 Å². The van der Waals surface area contributed by atoms with Crippen LogP contribution < -0.4 is 0 Å². The molecule has 0 saturated heterocycles. The summed E-state index contributed by atoms with van der Waals surface area (Å²) in [4.78, 5) is 36.0. The van der Waals surface area contributed by atoms with Crippen LogP contribution >= 0.6 is 92.8 Å². The summed E-state index contributed by atoms with van der Waals surface area (Å²) in [5.74, 6) is -1.42. The van der Waals surface area contributed by atoms with Gasteiger partial charge in [0, 0.05) is 0 Å². The molecule has 4 radical (unpaired) electrons. The second kappa shape index (κ2) is 10.1. The molecule has 38 heavy (non-hydrogen) atoms. The van der Waals surface area contributed by atoms with Crippen molar-refractivity contribution >= 4 is 144 Å². The number of fused-ring (bicyclic) bond motifs is 2. The van der Waals surface area contributed by atoms with Crippen molar-refractivity contribution in [3.63, 3.8) is 0 Å². The second-order valence-corrected chi connectivity index (χ2v) is 10.8. The summed E-state index contributed by atoms with van der Waals surface area (Å²) >= 11 is 49.8. The molecular formula is C22H4B2Cl8N4O2. The molecule has 0 bridgehead atoms. The van der Waals surface area contributed by atoms with E-state index < -0.39 is 11.8 Å². The Labute approximate surface area is 257 Å². The predicted octanol–water partition coefficient (Wildman–Crippen LogP) is 8.15. The SMILES string of the molecule is [B]N1C(=O)c2c(Cl)c(Cl)c(Cl)c(Cl)c2C1=Nc1cccc(N=C2c3c(Cl)c(Cl)c(Cl)c(Cl)c3C(=O)N2[B])c1. The summed E-state index contributed by atoms with van der Waals surface area (Å²) in [6.07, 6.45) is 0. The van der Waals surface area contributed by atoms with E-state index in [9.17, 15) is 9.59 Å². The lowest BCUT2D eigenvalue weighted by atomic mass is 10.1. The molecule has 16 heteroatoms. The first kappa shape index (κ1) is 27.9. The van der Waals surface area contributed by atoms with Gasteiger partial charge in [0.25, 0.3) is 0 Å². The van der Waals surface area contributed by atoms with E-state index in [0.717, 1.165) is 9.62 Å². The molecule has 0 N–H and O–H groups in total. The highest BCUT2D eigenvalue weighted by Gasteiger charge is 2.39. The van der Waals surface area contributed by atoms with Crippen LogP contribution in [-0.4, -0.2) is 49.1 Å². The molecule has 6 nitrogen and oxygen atoms in total. The third-order valence-corrected chi connectivity index (χ3v) is 9.21. The third-order valence-electron chi connectivity index (χ3n) is 5.60. The number of hydrogen-bond donors (Lipinski definition) is 0. The van der Waals surface area contributed by atoms with Crippen LogP contribution in [-0.2, 0) is 0 Å². The maximum Gasteiger partial charge on any atom is 0.248 e. The Morgan fingerprint density at radius 2 is 0.842 bits per heavy atom. The van der Waals surface area contributed by atoms with Crippen molar-refractivity contribution < 1.29 is 9.59 Å². The minimum absolute atomic E-state index is 0.0293. The van der Waals surface area contributed by atoms with E-state index in [-0.39, 0.29) is 74.1 Å². The highest BCUT2D eigenvalue weighted by molar-refractivity contribution is 6.57. The monoisotopic (exact) mass is 658 g/mol. The first-order valence-electron chi connectivity index (χ1n) is 10.0. The van der Waals surface area contributed by atoms with Crippen LogP contribution in [0.15, 0.2) is 34.3 Å². The van der Waals surface area contributed by atoms with Gasteiger partial charge in [-0.2, -0.15) is 0 Å². The Kier molecular flexibility index (Phi) is 7.42. The Morgan fingerprint density at radius 1 is 0.526 bits per heavy atom. The number of amidine groups is 2. The highest BCUT2D eigenvalue weighted by atomic mass is 35.5. The molecule has 2 amide bonds. The van der Waals surface area contributed by atoms with Crippen molar-refractivity contribution in [2.45, 2.75) is 0 Å². The summed E-state index contributed by atoms with van der Waals surface area (Å²) in [7, 11) is 12.0. The molecule has 0 fully saturated rings. The number of carbonyl (C=O) groups excluding carboxylic acids is 2. The van der Waals surface area contributed by atoms with Gasteiger partial charge < -0.3 is 9.62 Å². The van der Waals surface area contributed by atoms with Crippen LogP contribution in [0.1, 0.15) is 31.8 Å². The summed E-state index contributed by atoms with van der Waals surface area (Å²) in [5, 5.41) is -0.604. The standard InChI is InChI=1S/C22H4B2Cl8N4O2/c23-35-19(7-9(21(35)37)13(27)17(31)15(29)11(7)25)33-5-2-1-3-6(4-5)34-20-8-10(22(38)36(20)24)14(28)18(32)16(30)12(8)26/h1-4H. The minimum Gasteiger partial charge on any atom is -0.350 e. The van der Waals surface area contributed by atoms with Crippen molar-refractivity contribution in [3.8, 4) is 0 Å². The zero-order valence-corrected chi connectivity index (χ0v) is 24.1. The fraction of sp³-hybridized carbons (Fsp3) is 0. The fourth-order valence-corrected chi connectivity index (χ4v) is 5.89. The Bertz CT molecular complexity index is 1580. The summed E-state index contributed by atoms with van der Waals surface area (Å²) in [5.41, 5.74) is 0.750. The molecule has 0 aliphatic carbocycles. The summed E-state index contributed by atoms with van der Waals surface area (Å²) < 4.78 is 0.